The van der Waals surface area contributed by atoms with Crippen LogP contribution in [0.15, 0.2) is 78.9 Å². The van der Waals surface area contributed by atoms with Crippen molar-refractivity contribution in [3.05, 3.63) is 107 Å². The van der Waals surface area contributed by atoms with E-state index in [0.717, 1.165) is 24.0 Å². The minimum absolute atomic E-state index is 0.106. The third kappa shape index (κ3) is 7.54. The molecule has 0 amide bonds. The fourth-order valence-electron chi connectivity index (χ4n) is 3.42. The van der Waals surface area contributed by atoms with Gasteiger partial charge in [0, 0.05) is 0 Å². The van der Waals surface area contributed by atoms with Gasteiger partial charge in [0.05, 0.1) is 22.1 Å². The first kappa shape index (κ1) is 26.7. The van der Waals surface area contributed by atoms with Gasteiger partial charge < -0.3 is 14.2 Å². The number of benzene rings is 3. The number of ether oxygens (including phenoxy) is 3. The van der Waals surface area contributed by atoms with Gasteiger partial charge in [0.25, 0.3) is 0 Å². The molecule has 0 radical (unpaired) electrons. The molecular weight excluding hydrogens is 456 g/mol. The molecule has 0 bridgehead atoms. The van der Waals surface area contributed by atoms with E-state index in [0.29, 0.717) is 16.7 Å². The van der Waals surface area contributed by atoms with Gasteiger partial charge in [-0.15, -0.1) is 0 Å². The molecule has 0 spiro atoms. The van der Waals surface area contributed by atoms with Crippen LogP contribution >= 0.6 is 0 Å². The van der Waals surface area contributed by atoms with E-state index in [1.807, 2.05) is 38.1 Å². The maximum absolute atomic E-state index is 12.6. The van der Waals surface area contributed by atoms with Crippen molar-refractivity contribution >= 4 is 17.9 Å². The van der Waals surface area contributed by atoms with Crippen molar-refractivity contribution in [1.82, 2.24) is 0 Å². The number of rotatable bonds is 11. The summed E-state index contributed by atoms with van der Waals surface area (Å²) in [6.45, 7) is 5.50. The van der Waals surface area contributed by atoms with E-state index in [2.05, 4.69) is 0 Å². The zero-order chi connectivity index (χ0) is 26.0. The van der Waals surface area contributed by atoms with Crippen molar-refractivity contribution in [1.29, 1.82) is 0 Å². The zero-order valence-electron chi connectivity index (χ0n) is 21.0. The Labute approximate surface area is 212 Å². The predicted molar refractivity (Wildman–Crippen MR) is 137 cm³/mol. The van der Waals surface area contributed by atoms with Gasteiger partial charge in [-0.25, -0.2) is 14.4 Å². The lowest BCUT2D eigenvalue weighted by Crippen LogP contribution is -2.37. The third-order valence-corrected chi connectivity index (χ3v) is 5.86. The number of carbonyl (C=O) groups excluding carboxylic acids is 3. The lowest BCUT2D eigenvalue weighted by Gasteiger charge is -2.28. The molecule has 6 heteroatoms. The Bertz CT molecular complexity index is 1090. The highest BCUT2D eigenvalue weighted by molar-refractivity contribution is 5.90. The Morgan fingerprint density at radius 1 is 0.556 bits per heavy atom. The van der Waals surface area contributed by atoms with Gasteiger partial charge in [0.1, 0.15) is 19.8 Å². The molecule has 0 heterocycles. The van der Waals surface area contributed by atoms with Crippen molar-refractivity contribution in [3.63, 3.8) is 0 Å². The second-order valence-electron chi connectivity index (χ2n) is 9.01. The number of hydrogen-bond donors (Lipinski definition) is 0. The van der Waals surface area contributed by atoms with Gasteiger partial charge in [0.2, 0.25) is 0 Å². The van der Waals surface area contributed by atoms with Crippen LogP contribution in [0.1, 0.15) is 63.0 Å². The van der Waals surface area contributed by atoms with E-state index in [4.69, 9.17) is 14.2 Å². The minimum Gasteiger partial charge on any atom is -0.461 e. The van der Waals surface area contributed by atoms with Crippen LogP contribution in [0.5, 0.6) is 0 Å². The Hall–Kier alpha value is -3.93. The summed E-state index contributed by atoms with van der Waals surface area (Å²) in [6.07, 6.45) is 1.74. The Balaban J connectivity index is 1.67. The second kappa shape index (κ2) is 12.7. The smallest absolute Gasteiger partial charge is 0.338 e. The van der Waals surface area contributed by atoms with E-state index in [-0.39, 0.29) is 19.8 Å². The van der Waals surface area contributed by atoms with Crippen molar-refractivity contribution in [2.24, 2.45) is 5.41 Å². The van der Waals surface area contributed by atoms with Crippen molar-refractivity contribution in [3.8, 4) is 0 Å². The first-order chi connectivity index (χ1) is 17.3. The Morgan fingerprint density at radius 2 is 0.889 bits per heavy atom. The molecule has 188 valence electrons. The largest absolute Gasteiger partial charge is 0.461 e. The van der Waals surface area contributed by atoms with Crippen LogP contribution in [-0.2, 0) is 27.1 Å². The average Bonchev–Trinajstić information content (AvgIpc) is 2.94. The van der Waals surface area contributed by atoms with Gasteiger partial charge in [-0.2, -0.15) is 0 Å². The summed E-state index contributed by atoms with van der Waals surface area (Å²) >= 11 is 0. The van der Waals surface area contributed by atoms with Crippen LogP contribution < -0.4 is 0 Å². The first-order valence-electron chi connectivity index (χ1n) is 12.1. The van der Waals surface area contributed by atoms with Gasteiger partial charge in [-0.1, -0.05) is 56.3 Å². The van der Waals surface area contributed by atoms with E-state index in [1.54, 1.807) is 61.5 Å². The van der Waals surface area contributed by atoms with Crippen molar-refractivity contribution in [2.45, 2.75) is 33.6 Å². The molecule has 0 aliphatic carbocycles. The van der Waals surface area contributed by atoms with Crippen LogP contribution in [0.3, 0.4) is 0 Å². The molecule has 6 nitrogen and oxygen atoms in total. The third-order valence-electron chi connectivity index (χ3n) is 5.86. The normalized spacial score (nSPS) is 11.0. The number of carbonyl (C=O) groups is 3. The molecule has 0 aliphatic heterocycles. The summed E-state index contributed by atoms with van der Waals surface area (Å²) < 4.78 is 16.6. The maximum Gasteiger partial charge on any atom is 0.338 e. The number of esters is 3. The minimum atomic E-state index is -0.956. The maximum atomic E-state index is 12.6. The average molecular weight is 489 g/mol. The summed E-state index contributed by atoms with van der Waals surface area (Å²) in [6, 6.07) is 23.0. The molecule has 36 heavy (non-hydrogen) atoms. The molecule has 0 unspecified atom stereocenters. The fourth-order valence-corrected chi connectivity index (χ4v) is 3.42. The lowest BCUT2D eigenvalue weighted by molar-refractivity contribution is -0.0287. The fraction of sp³-hybridized carbons (Fsp3) is 0.300. The van der Waals surface area contributed by atoms with E-state index < -0.39 is 23.3 Å². The summed E-state index contributed by atoms with van der Waals surface area (Å²) in [4.78, 5) is 37.8. The lowest BCUT2D eigenvalue weighted by atomic mass is 9.94. The summed E-state index contributed by atoms with van der Waals surface area (Å²) in [7, 11) is 0. The molecular formula is C30H32O6. The molecule has 3 aromatic carbocycles. The molecule has 0 aromatic heterocycles. The van der Waals surface area contributed by atoms with Gasteiger partial charge >= 0.3 is 17.9 Å². The Morgan fingerprint density at radius 3 is 1.22 bits per heavy atom. The van der Waals surface area contributed by atoms with Crippen LogP contribution in [0.25, 0.3) is 0 Å². The Kier molecular flexibility index (Phi) is 9.39. The topological polar surface area (TPSA) is 78.9 Å². The van der Waals surface area contributed by atoms with Gasteiger partial charge in [-0.3, -0.25) is 0 Å². The van der Waals surface area contributed by atoms with E-state index in [9.17, 15) is 14.4 Å². The van der Waals surface area contributed by atoms with E-state index >= 15 is 0 Å². The summed E-state index contributed by atoms with van der Waals surface area (Å²) in [5, 5.41) is 0. The quantitative estimate of drug-likeness (QED) is 0.255. The molecule has 0 saturated heterocycles. The SMILES string of the molecule is CCc1ccc(C(=O)OCC(C)(COC(=O)c2ccccc2)COC(=O)c2ccc(CC)cc2)cc1. The van der Waals surface area contributed by atoms with Crippen LogP contribution in [0.2, 0.25) is 0 Å². The standard InChI is InChI=1S/C30H32O6/c1-4-22-11-15-25(16-12-22)28(32)35-20-30(3,19-34-27(31)24-9-7-6-8-10-24)21-36-29(33)26-17-13-23(5-2)14-18-26/h6-18H,4-5,19-21H2,1-3H3. The van der Waals surface area contributed by atoms with Gasteiger partial charge in [0.15, 0.2) is 0 Å². The van der Waals surface area contributed by atoms with Crippen LogP contribution in [0, 0.1) is 5.41 Å². The van der Waals surface area contributed by atoms with Gasteiger partial charge in [-0.05, 0) is 67.3 Å². The highest BCUT2D eigenvalue weighted by Gasteiger charge is 2.31. The highest BCUT2D eigenvalue weighted by Crippen LogP contribution is 2.21. The summed E-state index contributed by atoms with van der Waals surface area (Å²) in [5.74, 6) is -1.51. The monoisotopic (exact) mass is 488 g/mol. The van der Waals surface area contributed by atoms with Crippen molar-refractivity contribution < 1.29 is 28.6 Å². The molecule has 3 rings (SSSR count). The van der Waals surface area contributed by atoms with Crippen LogP contribution in [-0.4, -0.2) is 37.7 Å². The van der Waals surface area contributed by atoms with E-state index in [1.165, 1.54) is 0 Å². The number of aryl methyl sites for hydroxylation is 2. The summed E-state index contributed by atoms with van der Waals surface area (Å²) in [5.41, 5.74) is 2.52. The second-order valence-corrected chi connectivity index (χ2v) is 9.01. The molecule has 3 aromatic rings. The predicted octanol–water partition coefficient (Wildman–Crippen LogP) is 5.69. The molecule has 0 aliphatic rings. The number of hydrogen-bond acceptors (Lipinski definition) is 6. The first-order valence-corrected chi connectivity index (χ1v) is 12.1. The van der Waals surface area contributed by atoms with Crippen molar-refractivity contribution in [2.75, 3.05) is 19.8 Å². The zero-order valence-corrected chi connectivity index (χ0v) is 21.0. The molecule has 0 fully saturated rings. The van der Waals surface area contributed by atoms with Crippen LogP contribution in [0.4, 0.5) is 0 Å². The molecule has 0 N–H and O–H groups in total. The molecule has 0 saturated carbocycles. The highest BCUT2D eigenvalue weighted by atomic mass is 16.6. The molecule has 0 atom stereocenters.